The second-order valence-electron chi connectivity index (χ2n) is 3.85. The first-order valence-corrected chi connectivity index (χ1v) is 5.45. The molecule has 1 aliphatic rings. The van der Waals surface area contributed by atoms with Crippen LogP contribution in [0.15, 0.2) is 22.7 Å². The number of ketones is 1. The third kappa shape index (κ3) is 3.47. The van der Waals surface area contributed by atoms with Crippen molar-refractivity contribution in [2.75, 3.05) is 0 Å². The number of hydrogen-bond donors (Lipinski definition) is 0. The van der Waals surface area contributed by atoms with Gasteiger partial charge in [0.2, 0.25) is 0 Å². The Balaban J connectivity index is 2.47. The van der Waals surface area contributed by atoms with Crippen molar-refractivity contribution in [3.05, 3.63) is 22.7 Å². The Kier molecular flexibility index (Phi) is 3.91. The highest BCUT2D eigenvalue weighted by Crippen LogP contribution is 2.22. The molecular weight excluding hydrogens is 228 g/mol. The smallest absolute Gasteiger partial charge is 0.140 e. The summed E-state index contributed by atoms with van der Waals surface area (Å²) < 4.78 is 1.08. The zero-order valence-electron chi connectivity index (χ0n) is 8.09. The Hall–Kier alpha value is -0.370. The van der Waals surface area contributed by atoms with Crippen LogP contribution in [0.2, 0.25) is 0 Å². The van der Waals surface area contributed by atoms with Gasteiger partial charge in [-0.15, -0.1) is 0 Å². The van der Waals surface area contributed by atoms with E-state index in [0.29, 0.717) is 18.1 Å². The van der Waals surface area contributed by atoms with E-state index in [-0.39, 0.29) is 5.92 Å². The predicted molar refractivity (Wildman–Crippen MR) is 58.7 cm³/mol. The maximum atomic E-state index is 11.6. The summed E-state index contributed by atoms with van der Waals surface area (Å²) in [6.45, 7) is 4.16. The number of Topliss-reactive ketones (excluding diaryl/α,β-unsaturated/α-hetero) is 1. The second kappa shape index (κ2) is 4.75. The summed E-state index contributed by atoms with van der Waals surface area (Å²) in [5.74, 6) is 0.946. The van der Waals surface area contributed by atoms with Gasteiger partial charge in [-0.25, -0.2) is 0 Å². The third-order valence-electron chi connectivity index (χ3n) is 2.08. The van der Waals surface area contributed by atoms with Gasteiger partial charge in [0.1, 0.15) is 5.78 Å². The fourth-order valence-corrected chi connectivity index (χ4v) is 1.73. The highest BCUT2D eigenvalue weighted by molar-refractivity contribution is 9.11. The van der Waals surface area contributed by atoms with Crippen LogP contribution in [0.3, 0.4) is 0 Å². The first-order chi connectivity index (χ1) is 6.09. The SMILES string of the molecule is CC(C)CC(=O)C1C=CC(Br)=CC1. The van der Waals surface area contributed by atoms with Crippen molar-refractivity contribution in [3.63, 3.8) is 0 Å². The van der Waals surface area contributed by atoms with Crippen molar-refractivity contribution in [2.45, 2.75) is 26.7 Å². The lowest BCUT2D eigenvalue weighted by molar-refractivity contribution is -0.122. The molecule has 1 atom stereocenters. The fourth-order valence-electron chi connectivity index (χ4n) is 1.39. The van der Waals surface area contributed by atoms with Gasteiger partial charge in [-0.05, 0) is 12.3 Å². The van der Waals surface area contributed by atoms with Crippen molar-refractivity contribution < 1.29 is 4.79 Å². The van der Waals surface area contributed by atoms with Gasteiger partial charge in [-0.2, -0.15) is 0 Å². The molecule has 1 nitrogen and oxygen atoms in total. The molecule has 0 aromatic heterocycles. The minimum atomic E-state index is 0.115. The molecule has 0 fully saturated rings. The van der Waals surface area contributed by atoms with E-state index in [0.717, 1.165) is 10.9 Å². The van der Waals surface area contributed by atoms with E-state index in [1.807, 2.05) is 12.2 Å². The summed E-state index contributed by atoms with van der Waals surface area (Å²) in [5, 5.41) is 0. The molecule has 72 valence electrons. The summed E-state index contributed by atoms with van der Waals surface area (Å²) in [4.78, 5) is 11.6. The van der Waals surface area contributed by atoms with E-state index in [9.17, 15) is 4.79 Å². The Bertz CT molecular complexity index is 251. The first-order valence-electron chi connectivity index (χ1n) is 4.66. The summed E-state index contributed by atoms with van der Waals surface area (Å²) >= 11 is 3.38. The molecule has 0 aromatic carbocycles. The summed E-state index contributed by atoms with van der Waals surface area (Å²) in [5.41, 5.74) is 0. The Morgan fingerprint density at radius 3 is 2.85 bits per heavy atom. The molecule has 0 N–H and O–H groups in total. The van der Waals surface area contributed by atoms with E-state index < -0.39 is 0 Å². The number of halogens is 1. The van der Waals surface area contributed by atoms with Crippen molar-refractivity contribution >= 4 is 21.7 Å². The van der Waals surface area contributed by atoms with Gasteiger partial charge >= 0.3 is 0 Å². The maximum absolute atomic E-state index is 11.6. The Labute approximate surface area is 88.0 Å². The number of carbonyl (C=O) groups is 1. The second-order valence-corrected chi connectivity index (χ2v) is 4.77. The van der Waals surface area contributed by atoms with Crippen molar-refractivity contribution in [2.24, 2.45) is 11.8 Å². The van der Waals surface area contributed by atoms with Gasteiger partial charge in [-0.3, -0.25) is 4.79 Å². The van der Waals surface area contributed by atoms with Gasteiger partial charge in [0.05, 0.1) is 0 Å². The fraction of sp³-hybridized carbons (Fsp3) is 0.545. The largest absolute Gasteiger partial charge is 0.299 e. The van der Waals surface area contributed by atoms with E-state index in [1.165, 1.54) is 0 Å². The predicted octanol–water partition coefficient (Wildman–Crippen LogP) is 3.46. The standard InChI is InChI=1S/C11H15BrO/c1-8(2)7-11(13)9-3-5-10(12)6-4-9/h3,5-6,8-9H,4,7H2,1-2H3. The molecule has 1 rings (SSSR count). The van der Waals surface area contributed by atoms with Crippen molar-refractivity contribution in [1.82, 2.24) is 0 Å². The van der Waals surface area contributed by atoms with Crippen LogP contribution in [0.1, 0.15) is 26.7 Å². The number of allylic oxidation sites excluding steroid dienone is 4. The molecule has 0 aromatic rings. The summed E-state index contributed by atoms with van der Waals surface area (Å²) in [6.07, 6.45) is 7.56. The number of hydrogen-bond acceptors (Lipinski definition) is 1. The maximum Gasteiger partial charge on any atom is 0.140 e. The van der Waals surface area contributed by atoms with Crippen LogP contribution >= 0.6 is 15.9 Å². The minimum absolute atomic E-state index is 0.115. The van der Waals surface area contributed by atoms with E-state index in [1.54, 1.807) is 0 Å². The lowest BCUT2D eigenvalue weighted by atomic mass is 9.91. The summed E-state index contributed by atoms with van der Waals surface area (Å²) in [7, 11) is 0. The Morgan fingerprint density at radius 2 is 2.38 bits per heavy atom. The van der Waals surface area contributed by atoms with Gasteiger partial charge in [-0.1, -0.05) is 48.0 Å². The van der Waals surface area contributed by atoms with Gasteiger partial charge in [0, 0.05) is 16.8 Å². The van der Waals surface area contributed by atoms with E-state index in [4.69, 9.17) is 0 Å². The molecule has 0 amide bonds. The first kappa shape index (κ1) is 10.7. The lowest BCUT2D eigenvalue weighted by Gasteiger charge is -2.14. The Morgan fingerprint density at radius 1 is 1.69 bits per heavy atom. The lowest BCUT2D eigenvalue weighted by Crippen LogP contribution is -2.15. The van der Waals surface area contributed by atoms with Crippen LogP contribution in [0, 0.1) is 11.8 Å². The van der Waals surface area contributed by atoms with E-state index >= 15 is 0 Å². The quantitative estimate of drug-likeness (QED) is 0.741. The number of carbonyl (C=O) groups excluding carboxylic acids is 1. The molecule has 1 unspecified atom stereocenters. The topological polar surface area (TPSA) is 17.1 Å². The van der Waals surface area contributed by atoms with Crippen LogP contribution in [-0.4, -0.2) is 5.78 Å². The molecule has 2 heteroatoms. The minimum Gasteiger partial charge on any atom is -0.299 e. The van der Waals surface area contributed by atoms with Crippen LogP contribution in [0.4, 0.5) is 0 Å². The molecule has 0 spiro atoms. The average Bonchev–Trinajstić information content (AvgIpc) is 2.04. The zero-order valence-corrected chi connectivity index (χ0v) is 9.67. The molecular formula is C11H15BrO. The van der Waals surface area contributed by atoms with Gasteiger partial charge < -0.3 is 0 Å². The number of rotatable bonds is 3. The summed E-state index contributed by atoms with van der Waals surface area (Å²) in [6, 6.07) is 0. The molecule has 0 bridgehead atoms. The van der Waals surface area contributed by atoms with Crippen LogP contribution in [0.25, 0.3) is 0 Å². The van der Waals surface area contributed by atoms with Gasteiger partial charge in [0.15, 0.2) is 0 Å². The molecule has 0 radical (unpaired) electrons. The van der Waals surface area contributed by atoms with Gasteiger partial charge in [0.25, 0.3) is 0 Å². The zero-order chi connectivity index (χ0) is 9.84. The molecule has 1 aliphatic carbocycles. The third-order valence-corrected chi connectivity index (χ3v) is 2.67. The van der Waals surface area contributed by atoms with Crippen LogP contribution < -0.4 is 0 Å². The highest BCUT2D eigenvalue weighted by atomic mass is 79.9. The van der Waals surface area contributed by atoms with Crippen molar-refractivity contribution in [1.29, 1.82) is 0 Å². The molecule has 0 aliphatic heterocycles. The van der Waals surface area contributed by atoms with E-state index in [2.05, 4.69) is 35.9 Å². The highest BCUT2D eigenvalue weighted by Gasteiger charge is 2.17. The molecule has 13 heavy (non-hydrogen) atoms. The molecule has 0 saturated carbocycles. The normalized spacial score (nSPS) is 21.8. The molecule has 0 heterocycles. The van der Waals surface area contributed by atoms with Crippen LogP contribution in [-0.2, 0) is 4.79 Å². The monoisotopic (exact) mass is 242 g/mol. The van der Waals surface area contributed by atoms with Crippen molar-refractivity contribution in [3.8, 4) is 0 Å². The van der Waals surface area contributed by atoms with Crippen LogP contribution in [0.5, 0.6) is 0 Å². The average molecular weight is 243 g/mol. The molecule has 0 saturated heterocycles.